The van der Waals surface area contributed by atoms with Crippen molar-refractivity contribution in [3.05, 3.63) is 46.0 Å². The molecule has 0 bridgehead atoms. The summed E-state index contributed by atoms with van der Waals surface area (Å²) in [7, 11) is 0. The van der Waals surface area contributed by atoms with Crippen molar-refractivity contribution < 1.29 is 13.9 Å². The topological polar surface area (TPSA) is 67.4 Å². The standard InChI is InChI=1S/C15H13Cl2FN4O2/c16-10-7-9(1-2-12(10)18)20-14(23)13-11(17)8-19-15(21-13)22-3-5-24-6-4-22/h1-2,7-8H,3-6H2,(H,20,23). The van der Waals surface area contributed by atoms with Crippen LogP contribution in [0.1, 0.15) is 10.5 Å². The van der Waals surface area contributed by atoms with Gasteiger partial charge in [0.2, 0.25) is 5.95 Å². The molecule has 1 aromatic heterocycles. The molecule has 6 nitrogen and oxygen atoms in total. The van der Waals surface area contributed by atoms with Crippen LogP contribution in [-0.4, -0.2) is 42.2 Å². The molecule has 1 aliphatic heterocycles. The second-order valence-electron chi connectivity index (χ2n) is 5.05. The number of rotatable bonds is 3. The molecule has 0 saturated carbocycles. The lowest BCUT2D eigenvalue weighted by atomic mass is 10.3. The minimum absolute atomic E-state index is 0.0357. The molecular weight excluding hydrogens is 358 g/mol. The Labute approximate surface area is 147 Å². The van der Waals surface area contributed by atoms with E-state index in [1.165, 1.54) is 24.4 Å². The molecule has 126 valence electrons. The number of amides is 1. The van der Waals surface area contributed by atoms with Gasteiger partial charge < -0.3 is 15.0 Å². The number of morpholine rings is 1. The van der Waals surface area contributed by atoms with Crippen LogP contribution in [-0.2, 0) is 4.74 Å². The summed E-state index contributed by atoms with van der Waals surface area (Å²) < 4.78 is 18.5. The Balaban J connectivity index is 1.81. The summed E-state index contributed by atoms with van der Waals surface area (Å²) in [5.41, 5.74) is 0.377. The van der Waals surface area contributed by atoms with Crippen molar-refractivity contribution in [1.82, 2.24) is 9.97 Å². The Hall–Kier alpha value is -1.96. The summed E-state index contributed by atoms with van der Waals surface area (Å²) >= 11 is 11.7. The summed E-state index contributed by atoms with van der Waals surface area (Å²) in [6, 6.07) is 3.88. The first-order valence-electron chi connectivity index (χ1n) is 7.16. The smallest absolute Gasteiger partial charge is 0.276 e. The van der Waals surface area contributed by atoms with Crippen molar-refractivity contribution in [1.29, 1.82) is 0 Å². The largest absolute Gasteiger partial charge is 0.378 e. The van der Waals surface area contributed by atoms with Crippen molar-refractivity contribution in [2.45, 2.75) is 0 Å². The Morgan fingerprint density at radius 1 is 1.25 bits per heavy atom. The van der Waals surface area contributed by atoms with Crippen molar-refractivity contribution >= 4 is 40.7 Å². The molecule has 0 atom stereocenters. The number of aromatic nitrogens is 2. The average Bonchev–Trinajstić information content (AvgIpc) is 2.59. The molecule has 24 heavy (non-hydrogen) atoms. The molecule has 1 amide bonds. The van der Waals surface area contributed by atoms with E-state index < -0.39 is 11.7 Å². The number of halogens is 3. The monoisotopic (exact) mass is 370 g/mol. The Kier molecular flexibility index (Phi) is 5.13. The van der Waals surface area contributed by atoms with Gasteiger partial charge in [0.05, 0.1) is 29.5 Å². The zero-order chi connectivity index (χ0) is 17.1. The molecule has 0 unspecified atom stereocenters. The maximum Gasteiger partial charge on any atom is 0.276 e. The van der Waals surface area contributed by atoms with Crippen LogP contribution in [0.5, 0.6) is 0 Å². The van der Waals surface area contributed by atoms with E-state index in [1.807, 2.05) is 4.90 Å². The van der Waals surface area contributed by atoms with E-state index in [2.05, 4.69) is 15.3 Å². The van der Waals surface area contributed by atoms with Gasteiger partial charge in [-0.15, -0.1) is 0 Å². The zero-order valence-electron chi connectivity index (χ0n) is 12.4. The van der Waals surface area contributed by atoms with Gasteiger partial charge >= 0.3 is 0 Å². The fourth-order valence-electron chi connectivity index (χ4n) is 2.20. The fraction of sp³-hybridized carbons (Fsp3) is 0.267. The highest BCUT2D eigenvalue weighted by molar-refractivity contribution is 6.34. The lowest BCUT2D eigenvalue weighted by molar-refractivity contribution is 0.102. The fourth-order valence-corrected chi connectivity index (χ4v) is 2.55. The van der Waals surface area contributed by atoms with Gasteiger partial charge in [-0.25, -0.2) is 14.4 Å². The summed E-state index contributed by atoms with van der Waals surface area (Å²) in [4.78, 5) is 22.7. The van der Waals surface area contributed by atoms with Crippen LogP contribution in [0.4, 0.5) is 16.0 Å². The minimum Gasteiger partial charge on any atom is -0.378 e. The molecule has 1 aliphatic rings. The normalized spacial score (nSPS) is 14.5. The lowest BCUT2D eigenvalue weighted by Gasteiger charge is -2.26. The molecule has 1 N–H and O–H groups in total. The van der Waals surface area contributed by atoms with Gasteiger partial charge in [0.25, 0.3) is 5.91 Å². The van der Waals surface area contributed by atoms with Gasteiger partial charge in [0, 0.05) is 18.8 Å². The first-order valence-corrected chi connectivity index (χ1v) is 7.92. The molecule has 0 spiro atoms. The van der Waals surface area contributed by atoms with Crippen molar-refractivity contribution in [2.24, 2.45) is 0 Å². The predicted octanol–water partition coefficient (Wildman–Crippen LogP) is 3.01. The summed E-state index contributed by atoms with van der Waals surface area (Å²) in [5, 5.41) is 2.62. The van der Waals surface area contributed by atoms with E-state index in [-0.39, 0.29) is 15.7 Å². The summed E-state index contributed by atoms with van der Waals surface area (Å²) in [6.45, 7) is 2.41. The molecule has 9 heteroatoms. The number of hydrogen-bond donors (Lipinski definition) is 1. The zero-order valence-corrected chi connectivity index (χ0v) is 13.9. The molecule has 0 radical (unpaired) electrons. The van der Waals surface area contributed by atoms with Crippen LogP contribution in [0, 0.1) is 5.82 Å². The highest BCUT2D eigenvalue weighted by atomic mass is 35.5. The maximum atomic E-state index is 13.2. The van der Waals surface area contributed by atoms with E-state index in [0.717, 1.165) is 0 Å². The van der Waals surface area contributed by atoms with Crippen LogP contribution < -0.4 is 10.2 Å². The van der Waals surface area contributed by atoms with Crippen LogP contribution in [0.3, 0.4) is 0 Å². The Morgan fingerprint density at radius 2 is 2.00 bits per heavy atom. The van der Waals surface area contributed by atoms with Gasteiger partial charge in [-0.2, -0.15) is 0 Å². The van der Waals surface area contributed by atoms with Crippen LogP contribution in [0.15, 0.2) is 24.4 Å². The van der Waals surface area contributed by atoms with Crippen molar-refractivity contribution in [3.8, 4) is 0 Å². The van der Waals surface area contributed by atoms with E-state index in [9.17, 15) is 9.18 Å². The minimum atomic E-state index is -0.565. The number of carbonyl (C=O) groups is 1. The third-order valence-corrected chi connectivity index (χ3v) is 3.98. The molecule has 1 aromatic carbocycles. The van der Waals surface area contributed by atoms with Crippen LogP contribution in [0.25, 0.3) is 0 Å². The van der Waals surface area contributed by atoms with Crippen LogP contribution >= 0.6 is 23.2 Å². The third kappa shape index (κ3) is 3.75. The number of anilines is 2. The molecule has 3 rings (SSSR count). The number of nitrogens with one attached hydrogen (secondary N) is 1. The van der Waals surface area contributed by atoms with E-state index in [4.69, 9.17) is 27.9 Å². The third-order valence-electron chi connectivity index (χ3n) is 3.42. The Morgan fingerprint density at radius 3 is 2.71 bits per heavy atom. The highest BCUT2D eigenvalue weighted by Gasteiger charge is 2.19. The van der Waals surface area contributed by atoms with Gasteiger partial charge in [-0.3, -0.25) is 4.79 Å². The molecule has 1 saturated heterocycles. The molecule has 2 heterocycles. The number of benzene rings is 1. The lowest BCUT2D eigenvalue weighted by Crippen LogP contribution is -2.37. The second kappa shape index (κ2) is 7.29. The van der Waals surface area contributed by atoms with Crippen molar-refractivity contribution in [3.63, 3.8) is 0 Å². The number of hydrogen-bond acceptors (Lipinski definition) is 5. The summed E-state index contributed by atoms with van der Waals surface area (Å²) in [5.74, 6) is -0.686. The molecule has 0 aliphatic carbocycles. The number of nitrogens with zero attached hydrogens (tertiary/aromatic N) is 3. The van der Waals surface area contributed by atoms with Crippen molar-refractivity contribution in [2.75, 3.05) is 36.5 Å². The van der Waals surface area contributed by atoms with E-state index >= 15 is 0 Å². The molecule has 2 aromatic rings. The maximum absolute atomic E-state index is 13.2. The van der Waals surface area contributed by atoms with E-state index in [1.54, 1.807) is 0 Å². The highest BCUT2D eigenvalue weighted by Crippen LogP contribution is 2.22. The van der Waals surface area contributed by atoms with Gasteiger partial charge in [0.15, 0.2) is 5.69 Å². The SMILES string of the molecule is O=C(Nc1ccc(F)c(Cl)c1)c1nc(N2CCOCC2)ncc1Cl. The summed E-state index contributed by atoms with van der Waals surface area (Å²) in [6.07, 6.45) is 1.38. The molecule has 1 fully saturated rings. The first-order chi connectivity index (χ1) is 11.5. The predicted molar refractivity (Wildman–Crippen MR) is 89.4 cm³/mol. The second-order valence-corrected chi connectivity index (χ2v) is 5.86. The van der Waals surface area contributed by atoms with Gasteiger partial charge in [-0.05, 0) is 18.2 Å². The van der Waals surface area contributed by atoms with E-state index in [0.29, 0.717) is 37.9 Å². The Bertz CT molecular complexity index is 769. The first kappa shape index (κ1) is 16.9. The average molecular weight is 371 g/mol. The quantitative estimate of drug-likeness (QED) is 0.899. The van der Waals surface area contributed by atoms with Crippen LogP contribution in [0.2, 0.25) is 10.0 Å². The van der Waals surface area contributed by atoms with Gasteiger partial charge in [0.1, 0.15) is 5.82 Å². The molecular formula is C15H13Cl2FN4O2. The number of ether oxygens (including phenoxy) is 1. The van der Waals surface area contributed by atoms with Gasteiger partial charge in [-0.1, -0.05) is 23.2 Å². The number of carbonyl (C=O) groups excluding carboxylic acids is 1.